The van der Waals surface area contributed by atoms with Crippen molar-refractivity contribution in [3.63, 3.8) is 0 Å². The molecule has 1 atom stereocenters. The van der Waals surface area contributed by atoms with Crippen molar-refractivity contribution < 1.29 is 4.79 Å². The van der Waals surface area contributed by atoms with Crippen LogP contribution in [0.25, 0.3) is 0 Å². The van der Waals surface area contributed by atoms with Crippen molar-refractivity contribution in [2.45, 2.75) is 18.9 Å². The third-order valence-electron chi connectivity index (χ3n) is 3.68. The van der Waals surface area contributed by atoms with Gasteiger partial charge < -0.3 is 11.1 Å². The van der Waals surface area contributed by atoms with Crippen molar-refractivity contribution in [2.75, 3.05) is 18.4 Å². The maximum Gasteiger partial charge on any atom is 0.231 e. The molecule has 1 aliphatic rings. The maximum absolute atomic E-state index is 11.2. The predicted octanol–water partition coefficient (Wildman–Crippen LogP) is 1.24. The molecule has 3 N–H and O–H groups in total. The van der Waals surface area contributed by atoms with Gasteiger partial charge in [-0.05, 0) is 31.5 Å². The van der Waals surface area contributed by atoms with Crippen LogP contribution in [0.1, 0.15) is 24.6 Å². The van der Waals surface area contributed by atoms with Crippen molar-refractivity contribution in [2.24, 2.45) is 5.73 Å². The monoisotopic (exact) mass is 298 g/mol. The Hall–Kier alpha value is -2.54. The first-order chi connectivity index (χ1) is 10.7. The number of likely N-dealkylation sites (tertiary alicyclic amines) is 1. The minimum atomic E-state index is -0.324. The lowest BCUT2D eigenvalue weighted by molar-refractivity contribution is -0.119. The number of rotatable bonds is 5. The molecule has 7 nitrogen and oxygen atoms in total. The third-order valence-corrected chi connectivity index (χ3v) is 3.68. The Morgan fingerprint density at radius 1 is 1.27 bits per heavy atom. The van der Waals surface area contributed by atoms with Crippen LogP contribution >= 0.6 is 0 Å². The van der Waals surface area contributed by atoms with Gasteiger partial charge in [-0.2, -0.15) is 0 Å². The summed E-state index contributed by atoms with van der Waals surface area (Å²) in [6.07, 6.45) is 6.97. The Morgan fingerprint density at radius 3 is 2.91 bits per heavy atom. The fraction of sp³-hybridized carbons (Fsp3) is 0.333. The molecule has 7 heteroatoms. The van der Waals surface area contributed by atoms with E-state index >= 15 is 0 Å². The Balaban J connectivity index is 1.86. The first-order valence-corrected chi connectivity index (χ1v) is 7.25. The zero-order valence-electron chi connectivity index (χ0n) is 12.1. The van der Waals surface area contributed by atoms with Gasteiger partial charge in [-0.15, -0.1) is 0 Å². The highest BCUT2D eigenvalue weighted by atomic mass is 16.1. The van der Waals surface area contributed by atoms with Gasteiger partial charge in [0.05, 0.1) is 12.6 Å². The molecule has 2 aromatic rings. The number of primary amides is 1. The highest BCUT2D eigenvalue weighted by Gasteiger charge is 2.30. The SMILES string of the molecule is NC(=O)CN1CCC[C@@H]1c1nccnc1Nc1ccccn1. The average molecular weight is 298 g/mol. The zero-order chi connectivity index (χ0) is 15.4. The Labute approximate surface area is 128 Å². The summed E-state index contributed by atoms with van der Waals surface area (Å²) in [6, 6.07) is 5.68. The lowest BCUT2D eigenvalue weighted by Gasteiger charge is -2.23. The molecule has 1 saturated heterocycles. The molecule has 0 saturated carbocycles. The van der Waals surface area contributed by atoms with Crippen molar-refractivity contribution in [1.29, 1.82) is 0 Å². The van der Waals surface area contributed by atoms with Crippen LogP contribution in [0.3, 0.4) is 0 Å². The summed E-state index contributed by atoms with van der Waals surface area (Å²) in [6.45, 7) is 1.08. The molecule has 0 radical (unpaired) electrons. The standard InChI is InChI=1S/C15H18N6O/c16-12(22)10-21-9-3-4-11(21)14-15(19-8-7-18-14)20-13-5-1-2-6-17-13/h1-2,5-8,11H,3-4,9-10H2,(H2,16,22)(H,17,19,20)/t11-/m1/s1. The number of hydrogen-bond donors (Lipinski definition) is 2. The second-order valence-corrected chi connectivity index (χ2v) is 5.22. The van der Waals surface area contributed by atoms with Gasteiger partial charge in [0.1, 0.15) is 11.5 Å². The number of nitrogens with zero attached hydrogens (tertiary/aromatic N) is 4. The summed E-state index contributed by atoms with van der Waals surface area (Å²) in [5.74, 6) is 1.06. The van der Waals surface area contributed by atoms with Crippen LogP contribution in [0.5, 0.6) is 0 Å². The Kier molecular flexibility index (Phi) is 4.24. The molecule has 3 rings (SSSR count). The fourth-order valence-electron chi connectivity index (χ4n) is 2.77. The van der Waals surface area contributed by atoms with E-state index in [0.29, 0.717) is 11.6 Å². The number of carbonyl (C=O) groups excluding carboxylic acids is 1. The van der Waals surface area contributed by atoms with E-state index in [4.69, 9.17) is 5.73 Å². The first-order valence-electron chi connectivity index (χ1n) is 7.25. The minimum absolute atomic E-state index is 0.0485. The van der Waals surface area contributed by atoms with Crippen LogP contribution in [0.2, 0.25) is 0 Å². The molecule has 1 aliphatic heterocycles. The Bertz CT molecular complexity index is 647. The number of amides is 1. The molecule has 1 amide bonds. The van der Waals surface area contributed by atoms with Crippen LogP contribution < -0.4 is 11.1 Å². The van der Waals surface area contributed by atoms with E-state index < -0.39 is 0 Å². The highest BCUT2D eigenvalue weighted by molar-refractivity contribution is 5.76. The maximum atomic E-state index is 11.2. The summed E-state index contributed by atoms with van der Waals surface area (Å²) in [4.78, 5) is 26.4. The van der Waals surface area contributed by atoms with E-state index in [2.05, 4.69) is 25.2 Å². The molecule has 0 aromatic carbocycles. The van der Waals surface area contributed by atoms with Crippen LogP contribution in [-0.2, 0) is 4.79 Å². The van der Waals surface area contributed by atoms with Gasteiger partial charge in [0.2, 0.25) is 5.91 Å². The van der Waals surface area contributed by atoms with Gasteiger partial charge in [0.25, 0.3) is 0 Å². The van der Waals surface area contributed by atoms with Crippen LogP contribution in [0.15, 0.2) is 36.8 Å². The summed E-state index contributed by atoms with van der Waals surface area (Å²) < 4.78 is 0. The van der Waals surface area contributed by atoms with Gasteiger partial charge in [0, 0.05) is 18.6 Å². The molecular weight excluding hydrogens is 280 g/mol. The molecule has 0 bridgehead atoms. The summed E-state index contributed by atoms with van der Waals surface area (Å²) in [5, 5.41) is 3.20. The molecule has 0 unspecified atom stereocenters. The summed E-state index contributed by atoms with van der Waals surface area (Å²) >= 11 is 0. The van der Waals surface area contributed by atoms with Crippen molar-refractivity contribution in [3.8, 4) is 0 Å². The van der Waals surface area contributed by atoms with Gasteiger partial charge >= 0.3 is 0 Å². The lowest BCUT2D eigenvalue weighted by atomic mass is 10.1. The second-order valence-electron chi connectivity index (χ2n) is 5.22. The molecule has 2 aromatic heterocycles. The number of hydrogen-bond acceptors (Lipinski definition) is 6. The van der Waals surface area contributed by atoms with Gasteiger partial charge in [-0.1, -0.05) is 6.07 Å². The number of carbonyl (C=O) groups is 1. The topological polar surface area (TPSA) is 97.0 Å². The molecule has 0 aliphatic carbocycles. The normalized spacial score (nSPS) is 18.3. The number of nitrogens with two attached hydrogens (primary N) is 1. The van der Waals surface area contributed by atoms with E-state index in [0.717, 1.165) is 25.1 Å². The van der Waals surface area contributed by atoms with Gasteiger partial charge in [0.15, 0.2) is 5.82 Å². The van der Waals surface area contributed by atoms with E-state index in [1.165, 1.54) is 0 Å². The number of aromatic nitrogens is 3. The zero-order valence-corrected chi connectivity index (χ0v) is 12.1. The highest BCUT2D eigenvalue weighted by Crippen LogP contribution is 2.33. The van der Waals surface area contributed by atoms with Crippen LogP contribution in [-0.4, -0.2) is 38.8 Å². The number of nitrogens with one attached hydrogen (secondary N) is 1. The first kappa shape index (κ1) is 14.4. The second kappa shape index (κ2) is 6.48. The minimum Gasteiger partial charge on any atom is -0.369 e. The largest absolute Gasteiger partial charge is 0.369 e. The molecule has 3 heterocycles. The van der Waals surface area contributed by atoms with Gasteiger partial charge in [-0.3, -0.25) is 14.7 Å². The van der Waals surface area contributed by atoms with Crippen LogP contribution in [0, 0.1) is 0 Å². The molecule has 114 valence electrons. The van der Waals surface area contributed by atoms with E-state index in [1.807, 2.05) is 18.2 Å². The smallest absolute Gasteiger partial charge is 0.231 e. The van der Waals surface area contributed by atoms with Crippen LogP contribution in [0.4, 0.5) is 11.6 Å². The summed E-state index contributed by atoms with van der Waals surface area (Å²) in [5.41, 5.74) is 6.16. The average Bonchev–Trinajstić information content (AvgIpc) is 2.96. The molecule has 0 spiro atoms. The predicted molar refractivity (Wildman–Crippen MR) is 82.3 cm³/mol. The number of anilines is 2. The molecular formula is C15H18N6O. The van der Waals surface area contributed by atoms with Gasteiger partial charge in [-0.25, -0.2) is 9.97 Å². The molecule has 22 heavy (non-hydrogen) atoms. The van der Waals surface area contributed by atoms with Crippen molar-refractivity contribution in [1.82, 2.24) is 19.9 Å². The van der Waals surface area contributed by atoms with E-state index in [1.54, 1.807) is 18.6 Å². The quantitative estimate of drug-likeness (QED) is 0.862. The fourth-order valence-corrected chi connectivity index (χ4v) is 2.77. The lowest BCUT2D eigenvalue weighted by Crippen LogP contribution is -2.34. The third kappa shape index (κ3) is 3.20. The van der Waals surface area contributed by atoms with E-state index in [-0.39, 0.29) is 18.5 Å². The molecule has 1 fully saturated rings. The van der Waals surface area contributed by atoms with E-state index in [9.17, 15) is 4.79 Å². The van der Waals surface area contributed by atoms with Crippen molar-refractivity contribution in [3.05, 3.63) is 42.5 Å². The number of pyridine rings is 1. The van der Waals surface area contributed by atoms with Crippen molar-refractivity contribution >= 4 is 17.5 Å². The Morgan fingerprint density at radius 2 is 2.14 bits per heavy atom. The summed E-state index contributed by atoms with van der Waals surface area (Å²) in [7, 11) is 0.